The van der Waals surface area contributed by atoms with Gasteiger partial charge in [-0.15, -0.1) is 10.2 Å². The Kier molecular flexibility index (Phi) is 6.85. The summed E-state index contributed by atoms with van der Waals surface area (Å²) in [6.45, 7) is 2.42. The second kappa shape index (κ2) is 9.75. The molecule has 0 aliphatic heterocycles. The summed E-state index contributed by atoms with van der Waals surface area (Å²) in [7, 11) is 0. The molecule has 3 aromatic rings. The van der Waals surface area contributed by atoms with Crippen molar-refractivity contribution in [3.05, 3.63) is 60.3 Å². The van der Waals surface area contributed by atoms with Gasteiger partial charge in [-0.1, -0.05) is 36.9 Å². The van der Waals surface area contributed by atoms with E-state index in [-0.39, 0.29) is 24.1 Å². The van der Waals surface area contributed by atoms with Crippen LogP contribution in [0.4, 0.5) is 5.69 Å². The van der Waals surface area contributed by atoms with Crippen LogP contribution in [-0.2, 0) is 22.6 Å². The van der Waals surface area contributed by atoms with Crippen LogP contribution < -0.4 is 10.6 Å². The number of rotatable bonds is 9. The minimum atomic E-state index is -0.264. The van der Waals surface area contributed by atoms with Gasteiger partial charge in [0.25, 0.3) is 0 Å². The van der Waals surface area contributed by atoms with E-state index in [1.54, 1.807) is 17.2 Å². The molecule has 2 N–H and O–H groups in total. The van der Waals surface area contributed by atoms with Gasteiger partial charge in [-0.2, -0.15) is 0 Å². The Bertz CT molecular complexity index is 923. The molecule has 146 valence electrons. The van der Waals surface area contributed by atoms with Crippen LogP contribution in [-0.4, -0.2) is 38.9 Å². The molecule has 9 heteroatoms. The first kappa shape index (κ1) is 19.7. The average molecular weight is 399 g/mol. The van der Waals surface area contributed by atoms with Gasteiger partial charge in [-0.25, -0.2) is 0 Å². The molecular weight excluding hydrogens is 378 g/mol. The number of amides is 2. The molecule has 2 aromatic heterocycles. The third kappa shape index (κ3) is 5.46. The lowest BCUT2D eigenvalue weighted by Crippen LogP contribution is -2.34. The summed E-state index contributed by atoms with van der Waals surface area (Å²) >= 11 is 1.25. The van der Waals surface area contributed by atoms with Gasteiger partial charge >= 0.3 is 0 Å². The van der Waals surface area contributed by atoms with Gasteiger partial charge in [0.15, 0.2) is 5.16 Å². The average Bonchev–Trinajstić information content (AvgIpc) is 3.37. The zero-order valence-electron chi connectivity index (χ0n) is 15.4. The predicted octanol–water partition coefficient (Wildman–Crippen LogP) is 2.33. The van der Waals surface area contributed by atoms with Crippen molar-refractivity contribution in [1.82, 2.24) is 20.1 Å². The van der Waals surface area contributed by atoms with Gasteiger partial charge < -0.3 is 19.6 Å². The van der Waals surface area contributed by atoms with Crippen molar-refractivity contribution in [3.63, 3.8) is 0 Å². The molecule has 0 fully saturated rings. The van der Waals surface area contributed by atoms with E-state index < -0.39 is 0 Å². The Balaban J connectivity index is 1.44. The van der Waals surface area contributed by atoms with Crippen molar-refractivity contribution in [3.8, 4) is 0 Å². The summed E-state index contributed by atoms with van der Waals surface area (Å²) in [4.78, 5) is 24.1. The highest BCUT2D eigenvalue weighted by Crippen LogP contribution is 2.17. The van der Waals surface area contributed by atoms with Crippen molar-refractivity contribution in [2.75, 3.05) is 17.6 Å². The van der Waals surface area contributed by atoms with Crippen molar-refractivity contribution in [1.29, 1.82) is 0 Å². The van der Waals surface area contributed by atoms with Crippen molar-refractivity contribution >= 4 is 29.3 Å². The summed E-state index contributed by atoms with van der Waals surface area (Å²) in [5.74, 6) is 0.391. The SMILES string of the molecule is CCc1ccccc1NC(=O)CNC(=O)CSc1nncn1Cc1ccco1. The topological polar surface area (TPSA) is 102 Å². The normalized spacial score (nSPS) is 10.6. The summed E-state index contributed by atoms with van der Waals surface area (Å²) in [6, 6.07) is 11.3. The van der Waals surface area contributed by atoms with Crippen LogP contribution >= 0.6 is 11.8 Å². The highest BCUT2D eigenvalue weighted by molar-refractivity contribution is 7.99. The molecule has 2 amide bonds. The fourth-order valence-corrected chi connectivity index (χ4v) is 3.28. The third-order valence-corrected chi connectivity index (χ3v) is 4.92. The van der Waals surface area contributed by atoms with Crippen LogP contribution in [0.2, 0.25) is 0 Å². The number of carbonyl (C=O) groups is 2. The summed E-state index contributed by atoms with van der Waals surface area (Å²) < 4.78 is 7.11. The molecule has 28 heavy (non-hydrogen) atoms. The number of hydrogen-bond acceptors (Lipinski definition) is 6. The van der Waals surface area contributed by atoms with E-state index >= 15 is 0 Å². The van der Waals surface area contributed by atoms with E-state index in [9.17, 15) is 9.59 Å². The molecule has 1 aromatic carbocycles. The minimum Gasteiger partial charge on any atom is -0.467 e. The standard InChI is InChI=1S/C19H21N5O3S/c1-2-14-6-3-4-8-16(14)22-17(25)10-20-18(26)12-28-19-23-21-13-24(19)11-15-7-5-9-27-15/h3-9,13H,2,10-12H2,1H3,(H,20,26)(H,22,25). The first-order valence-electron chi connectivity index (χ1n) is 8.83. The zero-order chi connectivity index (χ0) is 19.8. The molecular formula is C19H21N5O3S. The Morgan fingerprint density at radius 2 is 2.04 bits per heavy atom. The molecule has 0 saturated carbocycles. The van der Waals surface area contributed by atoms with Gasteiger partial charge in [0, 0.05) is 5.69 Å². The van der Waals surface area contributed by atoms with E-state index in [1.807, 2.05) is 43.3 Å². The number of aryl methyl sites for hydroxylation is 1. The lowest BCUT2D eigenvalue weighted by atomic mass is 10.1. The third-order valence-electron chi connectivity index (χ3n) is 3.94. The number of para-hydroxylation sites is 1. The molecule has 0 bridgehead atoms. The highest BCUT2D eigenvalue weighted by atomic mass is 32.2. The maximum absolute atomic E-state index is 12.1. The number of nitrogens with one attached hydrogen (secondary N) is 2. The van der Waals surface area contributed by atoms with Crippen LogP contribution in [0.25, 0.3) is 0 Å². The smallest absolute Gasteiger partial charge is 0.243 e. The summed E-state index contributed by atoms with van der Waals surface area (Å²) in [6.07, 6.45) is 4.00. The zero-order valence-corrected chi connectivity index (χ0v) is 16.2. The summed E-state index contributed by atoms with van der Waals surface area (Å²) in [5, 5.41) is 13.9. The van der Waals surface area contributed by atoms with Crippen LogP contribution in [0.5, 0.6) is 0 Å². The molecule has 0 radical (unpaired) electrons. The number of aromatic nitrogens is 3. The monoisotopic (exact) mass is 399 g/mol. The maximum Gasteiger partial charge on any atom is 0.243 e. The number of carbonyl (C=O) groups excluding carboxylic acids is 2. The predicted molar refractivity (Wildman–Crippen MR) is 106 cm³/mol. The second-order valence-corrected chi connectivity index (χ2v) is 6.89. The van der Waals surface area contributed by atoms with Gasteiger partial charge in [0.05, 0.1) is 25.1 Å². The first-order valence-corrected chi connectivity index (χ1v) is 9.81. The molecule has 3 rings (SSSR count). The molecule has 0 aliphatic carbocycles. The van der Waals surface area contributed by atoms with Crippen LogP contribution in [0.1, 0.15) is 18.2 Å². The van der Waals surface area contributed by atoms with Gasteiger partial charge in [-0.05, 0) is 30.2 Å². The van der Waals surface area contributed by atoms with Gasteiger partial charge in [0.1, 0.15) is 12.1 Å². The number of thioether (sulfide) groups is 1. The molecule has 0 aliphatic rings. The summed E-state index contributed by atoms with van der Waals surface area (Å²) in [5.41, 5.74) is 1.82. The molecule has 0 unspecified atom stereocenters. The van der Waals surface area contributed by atoms with E-state index in [4.69, 9.17) is 4.42 Å². The highest BCUT2D eigenvalue weighted by Gasteiger charge is 2.12. The molecule has 0 atom stereocenters. The fraction of sp³-hybridized carbons (Fsp3) is 0.263. The number of benzene rings is 1. The maximum atomic E-state index is 12.1. The van der Waals surface area contributed by atoms with E-state index in [0.717, 1.165) is 23.4 Å². The molecule has 0 spiro atoms. The number of furan rings is 1. The molecule has 2 heterocycles. The van der Waals surface area contributed by atoms with E-state index in [2.05, 4.69) is 20.8 Å². The molecule has 0 saturated heterocycles. The lowest BCUT2D eigenvalue weighted by Gasteiger charge is -2.10. The van der Waals surface area contributed by atoms with E-state index in [0.29, 0.717) is 11.7 Å². The first-order chi connectivity index (χ1) is 13.7. The minimum absolute atomic E-state index is 0.0868. The Morgan fingerprint density at radius 3 is 2.82 bits per heavy atom. The largest absolute Gasteiger partial charge is 0.467 e. The van der Waals surface area contributed by atoms with Crippen LogP contribution in [0.15, 0.2) is 58.6 Å². The number of hydrogen-bond donors (Lipinski definition) is 2. The van der Waals surface area contributed by atoms with Crippen LogP contribution in [0.3, 0.4) is 0 Å². The molecule has 8 nitrogen and oxygen atoms in total. The second-order valence-electron chi connectivity index (χ2n) is 5.95. The Morgan fingerprint density at radius 1 is 1.18 bits per heavy atom. The van der Waals surface area contributed by atoms with Crippen molar-refractivity contribution in [2.45, 2.75) is 25.0 Å². The Labute approximate surface area is 166 Å². The fourth-order valence-electron chi connectivity index (χ4n) is 2.54. The number of nitrogens with zero attached hydrogens (tertiary/aromatic N) is 3. The quantitative estimate of drug-likeness (QED) is 0.536. The van der Waals surface area contributed by atoms with Crippen LogP contribution in [0, 0.1) is 0 Å². The van der Waals surface area contributed by atoms with Crippen molar-refractivity contribution in [2.24, 2.45) is 0 Å². The Hall–Kier alpha value is -3.07. The van der Waals surface area contributed by atoms with Gasteiger partial charge in [-0.3, -0.25) is 9.59 Å². The van der Waals surface area contributed by atoms with Gasteiger partial charge in [0.2, 0.25) is 11.8 Å². The number of anilines is 1. The lowest BCUT2D eigenvalue weighted by molar-refractivity contribution is -0.122. The van der Waals surface area contributed by atoms with E-state index in [1.165, 1.54) is 11.8 Å². The van der Waals surface area contributed by atoms with Crippen molar-refractivity contribution < 1.29 is 14.0 Å².